The maximum atomic E-state index is 12.5. The smallest absolute Gasteiger partial charge is 0.238 e. The Morgan fingerprint density at radius 2 is 1.65 bits per heavy atom. The molecule has 2 aromatic rings. The zero-order valence-corrected chi connectivity index (χ0v) is 15.3. The van der Waals surface area contributed by atoms with E-state index in [9.17, 15) is 9.59 Å². The molecule has 26 heavy (non-hydrogen) atoms. The Bertz CT molecular complexity index is 732. The third-order valence-corrected chi connectivity index (χ3v) is 5.03. The highest BCUT2D eigenvalue weighted by molar-refractivity contribution is 5.98. The van der Waals surface area contributed by atoms with Gasteiger partial charge in [-0.1, -0.05) is 49.4 Å². The van der Waals surface area contributed by atoms with Crippen molar-refractivity contribution >= 4 is 17.4 Å². The predicted octanol–water partition coefficient (Wildman–Crippen LogP) is 3.78. The van der Waals surface area contributed by atoms with Crippen molar-refractivity contribution in [1.82, 2.24) is 4.90 Å². The van der Waals surface area contributed by atoms with Gasteiger partial charge in [-0.3, -0.25) is 14.5 Å². The molecule has 0 unspecified atom stereocenters. The molecular weight excluding hydrogens is 324 g/mol. The minimum atomic E-state index is 0.00193. The highest BCUT2D eigenvalue weighted by Crippen LogP contribution is 2.21. The van der Waals surface area contributed by atoms with Crippen LogP contribution in [0.15, 0.2) is 54.6 Å². The Hall–Kier alpha value is -2.46. The van der Waals surface area contributed by atoms with Crippen LogP contribution in [0.5, 0.6) is 0 Å². The minimum absolute atomic E-state index is 0.00193. The third-order valence-electron chi connectivity index (χ3n) is 5.03. The number of carbonyl (C=O) groups excluding carboxylic acids is 2. The quantitative estimate of drug-likeness (QED) is 0.807. The average molecular weight is 350 g/mol. The van der Waals surface area contributed by atoms with Crippen LogP contribution in [0, 0.1) is 5.92 Å². The molecule has 2 aromatic carbocycles. The summed E-state index contributed by atoms with van der Waals surface area (Å²) in [5, 5.41) is 2.95. The molecule has 1 amide bonds. The Morgan fingerprint density at radius 1 is 1.00 bits per heavy atom. The van der Waals surface area contributed by atoms with E-state index in [1.807, 2.05) is 54.6 Å². The standard InChI is InChI=1S/C22H26N2O2/c1-2-17-8-10-20(11-9-17)23-21(25)16-24-14-12-19(13-15-24)22(26)18-6-4-3-5-7-18/h3-11,19H,2,12-16H2,1H3,(H,23,25). The number of carbonyl (C=O) groups is 2. The maximum absolute atomic E-state index is 12.5. The Morgan fingerprint density at radius 3 is 2.27 bits per heavy atom. The zero-order chi connectivity index (χ0) is 18.4. The number of rotatable bonds is 6. The third kappa shape index (κ3) is 4.79. The van der Waals surface area contributed by atoms with E-state index in [4.69, 9.17) is 0 Å². The summed E-state index contributed by atoms with van der Waals surface area (Å²) in [7, 11) is 0. The summed E-state index contributed by atoms with van der Waals surface area (Å²) in [6.07, 6.45) is 2.61. The molecular formula is C22H26N2O2. The number of likely N-dealkylation sites (tertiary alicyclic amines) is 1. The van der Waals surface area contributed by atoms with Gasteiger partial charge in [-0.2, -0.15) is 0 Å². The van der Waals surface area contributed by atoms with Gasteiger partial charge in [0.15, 0.2) is 5.78 Å². The van der Waals surface area contributed by atoms with Crippen LogP contribution in [0.2, 0.25) is 0 Å². The van der Waals surface area contributed by atoms with E-state index >= 15 is 0 Å². The van der Waals surface area contributed by atoms with Crippen molar-refractivity contribution in [2.45, 2.75) is 26.2 Å². The van der Waals surface area contributed by atoms with E-state index in [1.165, 1.54) is 5.56 Å². The summed E-state index contributed by atoms with van der Waals surface area (Å²) >= 11 is 0. The zero-order valence-electron chi connectivity index (χ0n) is 15.3. The van der Waals surface area contributed by atoms with E-state index in [-0.39, 0.29) is 17.6 Å². The number of Topliss-reactive ketones (excluding diaryl/α,β-unsaturated/α-hetero) is 1. The van der Waals surface area contributed by atoms with E-state index in [2.05, 4.69) is 17.1 Å². The van der Waals surface area contributed by atoms with E-state index < -0.39 is 0 Å². The number of hydrogen-bond donors (Lipinski definition) is 1. The van der Waals surface area contributed by atoms with Crippen LogP contribution >= 0.6 is 0 Å². The number of anilines is 1. The molecule has 4 nitrogen and oxygen atoms in total. The molecule has 4 heteroatoms. The lowest BCUT2D eigenvalue weighted by molar-refractivity contribution is -0.117. The largest absolute Gasteiger partial charge is 0.325 e. The molecule has 0 spiro atoms. The van der Waals surface area contributed by atoms with Crippen molar-refractivity contribution in [2.24, 2.45) is 5.92 Å². The molecule has 0 radical (unpaired) electrons. The van der Waals surface area contributed by atoms with Gasteiger partial charge < -0.3 is 5.32 Å². The maximum Gasteiger partial charge on any atom is 0.238 e. The van der Waals surface area contributed by atoms with Gasteiger partial charge in [0.25, 0.3) is 0 Å². The molecule has 0 atom stereocenters. The first-order chi connectivity index (χ1) is 12.7. The van der Waals surface area contributed by atoms with Crippen molar-refractivity contribution in [3.8, 4) is 0 Å². The highest BCUT2D eigenvalue weighted by Gasteiger charge is 2.26. The lowest BCUT2D eigenvalue weighted by atomic mass is 9.89. The van der Waals surface area contributed by atoms with Crippen molar-refractivity contribution in [1.29, 1.82) is 0 Å². The number of benzene rings is 2. The van der Waals surface area contributed by atoms with Gasteiger partial charge in [0, 0.05) is 17.2 Å². The van der Waals surface area contributed by atoms with Crippen molar-refractivity contribution in [3.63, 3.8) is 0 Å². The number of aryl methyl sites for hydroxylation is 1. The minimum Gasteiger partial charge on any atom is -0.325 e. The molecule has 0 aliphatic carbocycles. The number of nitrogens with one attached hydrogen (secondary N) is 1. The number of amides is 1. The van der Waals surface area contributed by atoms with Gasteiger partial charge in [-0.15, -0.1) is 0 Å². The monoisotopic (exact) mass is 350 g/mol. The summed E-state index contributed by atoms with van der Waals surface area (Å²) in [5.41, 5.74) is 2.88. The summed E-state index contributed by atoms with van der Waals surface area (Å²) in [4.78, 5) is 26.9. The molecule has 0 bridgehead atoms. The summed E-state index contributed by atoms with van der Waals surface area (Å²) in [6.45, 7) is 4.05. The Balaban J connectivity index is 1.46. The lowest BCUT2D eigenvalue weighted by Crippen LogP contribution is -2.40. The molecule has 1 aliphatic heterocycles. The molecule has 0 saturated carbocycles. The van der Waals surface area contributed by atoms with Crippen LogP contribution < -0.4 is 5.32 Å². The van der Waals surface area contributed by atoms with Gasteiger partial charge in [0.05, 0.1) is 6.54 Å². The lowest BCUT2D eigenvalue weighted by Gasteiger charge is -2.30. The molecule has 1 N–H and O–H groups in total. The molecule has 0 aromatic heterocycles. The summed E-state index contributed by atoms with van der Waals surface area (Å²) in [5.74, 6) is 0.297. The van der Waals surface area contributed by atoms with Gasteiger partial charge in [0.2, 0.25) is 5.91 Å². The van der Waals surface area contributed by atoms with Crippen LogP contribution in [0.4, 0.5) is 5.69 Å². The summed E-state index contributed by atoms with van der Waals surface area (Å²) < 4.78 is 0. The fourth-order valence-electron chi connectivity index (χ4n) is 3.42. The van der Waals surface area contributed by atoms with Crippen molar-refractivity contribution in [2.75, 3.05) is 25.0 Å². The second-order valence-corrected chi connectivity index (χ2v) is 6.88. The van der Waals surface area contributed by atoms with Gasteiger partial charge in [-0.05, 0) is 50.0 Å². The Labute approximate surface area is 155 Å². The number of hydrogen-bond acceptors (Lipinski definition) is 3. The number of piperidine rings is 1. The SMILES string of the molecule is CCc1ccc(NC(=O)CN2CCC(C(=O)c3ccccc3)CC2)cc1. The number of ketones is 1. The second kappa shape index (κ2) is 8.77. The first-order valence-corrected chi connectivity index (χ1v) is 9.36. The van der Waals surface area contributed by atoms with Crippen LogP contribution in [0.25, 0.3) is 0 Å². The first-order valence-electron chi connectivity index (χ1n) is 9.36. The topological polar surface area (TPSA) is 49.4 Å². The van der Waals surface area contributed by atoms with Crippen LogP contribution in [0.3, 0.4) is 0 Å². The predicted molar refractivity (Wildman–Crippen MR) is 104 cm³/mol. The Kier molecular flexibility index (Phi) is 6.18. The van der Waals surface area contributed by atoms with Crippen LogP contribution in [-0.4, -0.2) is 36.2 Å². The summed E-state index contributed by atoms with van der Waals surface area (Å²) in [6, 6.07) is 17.5. The fourth-order valence-corrected chi connectivity index (χ4v) is 3.42. The van der Waals surface area contributed by atoms with Gasteiger partial charge in [0.1, 0.15) is 0 Å². The van der Waals surface area contributed by atoms with E-state index in [0.717, 1.165) is 43.6 Å². The van der Waals surface area contributed by atoms with Crippen LogP contribution in [-0.2, 0) is 11.2 Å². The van der Waals surface area contributed by atoms with Crippen molar-refractivity contribution < 1.29 is 9.59 Å². The normalized spacial score (nSPS) is 15.6. The first kappa shape index (κ1) is 18.3. The molecule has 1 aliphatic rings. The van der Waals surface area contributed by atoms with Gasteiger partial charge in [-0.25, -0.2) is 0 Å². The fraction of sp³-hybridized carbons (Fsp3) is 0.364. The van der Waals surface area contributed by atoms with Gasteiger partial charge >= 0.3 is 0 Å². The number of nitrogens with zero attached hydrogens (tertiary/aromatic N) is 1. The average Bonchev–Trinajstić information content (AvgIpc) is 2.69. The molecule has 1 heterocycles. The van der Waals surface area contributed by atoms with E-state index in [1.54, 1.807) is 0 Å². The molecule has 1 fully saturated rings. The van der Waals surface area contributed by atoms with E-state index in [0.29, 0.717) is 6.54 Å². The molecule has 136 valence electrons. The highest BCUT2D eigenvalue weighted by atomic mass is 16.2. The molecule has 3 rings (SSSR count). The van der Waals surface area contributed by atoms with Crippen LogP contribution in [0.1, 0.15) is 35.7 Å². The van der Waals surface area contributed by atoms with Crippen molar-refractivity contribution in [3.05, 3.63) is 65.7 Å². The second-order valence-electron chi connectivity index (χ2n) is 6.88. The molecule has 1 saturated heterocycles.